The number of carbonyl (C=O) groups is 3. The van der Waals surface area contributed by atoms with E-state index in [1.54, 1.807) is 41.5 Å². The number of rotatable bonds is 10. The van der Waals surface area contributed by atoms with Crippen molar-refractivity contribution < 1.29 is 68.0 Å². The summed E-state index contributed by atoms with van der Waals surface area (Å²) in [5.41, 5.74) is -4.95. The summed E-state index contributed by atoms with van der Waals surface area (Å²) in [6.45, 7) is 18.7. The number of ketones is 1. The summed E-state index contributed by atoms with van der Waals surface area (Å²) >= 11 is 0. The Hall–Kier alpha value is -1.99. The van der Waals surface area contributed by atoms with Gasteiger partial charge in [0, 0.05) is 43.9 Å². The van der Waals surface area contributed by atoms with Crippen molar-refractivity contribution in [3.8, 4) is 0 Å². The van der Waals surface area contributed by atoms with E-state index in [2.05, 4.69) is 5.32 Å². The van der Waals surface area contributed by atoms with Crippen LogP contribution in [0.5, 0.6) is 0 Å². The fraction of sp³-hybridized carbons (Fsp3) is 0.927. The first kappa shape index (κ1) is 49.4. The minimum absolute atomic E-state index is 0.0564. The summed E-state index contributed by atoms with van der Waals surface area (Å²) in [6, 6.07) is -0.344. The van der Waals surface area contributed by atoms with Gasteiger partial charge in [0.25, 0.3) is 0 Å². The third-order valence-electron chi connectivity index (χ3n) is 12.5. The fourth-order valence-corrected chi connectivity index (χ4v) is 9.00. The first-order valence-electron chi connectivity index (χ1n) is 20.7. The molecule has 16 nitrogen and oxygen atoms in total. The van der Waals surface area contributed by atoms with Gasteiger partial charge in [-0.25, -0.2) is 4.79 Å². The molecule has 57 heavy (non-hydrogen) atoms. The first-order valence-corrected chi connectivity index (χ1v) is 20.7. The number of ether oxygens (including phenoxy) is 7. The van der Waals surface area contributed by atoms with Crippen LogP contribution in [-0.2, 0) is 42.7 Å². The Labute approximate surface area is 339 Å². The zero-order valence-corrected chi connectivity index (χ0v) is 36.7. The van der Waals surface area contributed by atoms with Gasteiger partial charge in [0.2, 0.25) is 0 Å². The van der Waals surface area contributed by atoms with Gasteiger partial charge >= 0.3 is 12.1 Å². The lowest BCUT2D eigenvalue weighted by atomic mass is 9.74. The number of esters is 1. The molecular weight excluding hydrogens is 744 g/mol. The minimum atomic E-state index is -2.02. The van der Waals surface area contributed by atoms with Crippen molar-refractivity contribution >= 4 is 17.8 Å². The number of nitrogens with one attached hydrogen (secondary N) is 1. The SMILES string of the molecule is CCCNC(=O)O[C@H]1[C@H](C)O[C@@H](O[C@H]2[C@H](C)[C@@H](O[C@@H]3O[C@H](C)C[C@H](N(C)C)[C@H]3O)[C@@](C)(O)C[C@@H](C)C(=O)[C@H](C)[C@@H](O)[C@](C)(O)[C@@H](CC)OC(=O)[C@@H]2C)C[C@@]1(C)OC. The molecule has 3 rings (SSSR count). The number of methoxy groups -OCH3 is 1. The van der Waals surface area contributed by atoms with Gasteiger partial charge in [0.15, 0.2) is 18.7 Å². The zero-order valence-electron chi connectivity index (χ0n) is 36.7. The molecule has 3 aliphatic rings. The second-order valence-electron chi connectivity index (χ2n) is 17.8. The largest absolute Gasteiger partial charge is 0.459 e. The smallest absolute Gasteiger partial charge is 0.407 e. The van der Waals surface area contributed by atoms with E-state index >= 15 is 0 Å². The zero-order chi connectivity index (χ0) is 43.4. The molecular formula is C41H74N2O14. The van der Waals surface area contributed by atoms with E-state index in [1.165, 1.54) is 27.9 Å². The summed E-state index contributed by atoms with van der Waals surface area (Å²) in [7, 11) is 5.18. The summed E-state index contributed by atoms with van der Waals surface area (Å²) < 4.78 is 43.6. The van der Waals surface area contributed by atoms with Gasteiger partial charge in [-0.05, 0) is 81.3 Å². The maximum absolute atomic E-state index is 14.3. The number of aliphatic hydroxyl groups excluding tert-OH is 2. The summed E-state index contributed by atoms with van der Waals surface area (Å²) in [6.07, 6.45) is -9.86. The van der Waals surface area contributed by atoms with Gasteiger partial charge in [0.05, 0.1) is 42.0 Å². The van der Waals surface area contributed by atoms with Crippen LogP contribution in [0, 0.1) is 23.7 Å². The molecule has 332 valence electrons. The number of likely N-dealkylation sites (N-methyl/N-ethyl adjacent to an activating group) is 1. The topological polar surface area (TPSA) is 212 Å². The Bertz CT molecular complexity index is 1330. The van der Waals surface area contributed by atoms with E-state index in [1.807, 2.05) is 32.8 Å². The molecule has 3 fully saturated rings. The van der Waals surface area contributed by atoms with Gasteiger partial charge in [-0.3, -0.25) is 9.59 Å². The van der Waals surface area contributed by atoms with Gasteiger partial charge in [-0.15, -0.1) is 0 Å². The van der Waals surface area contributed by atoms with Crippen molar-refractivity contribution in [1.29, 1.82) is 0 Å². The highest BCUT2D eigenvalue weighted by Crippen LogP contribution is 2.41. The van der Waals surface area contributed by atoms with Crippen molar-refractivity contribution in [3.05, 3.63) is 0 Å². The Morgan fingerprint density at radius 2 is 1.56 bits per heavy atom. The molecule has 0 saturated carbocycles. The van der Waals surface area contributed by atoms with Crippen LogP contribution in [-0.4, -0.2) is 155 Å². The van der Waals surface area contributed by atoms with Crippen LogP contribution < -0.4 is 5.32 Å². The summed E-state index contributed by atoms with van der Waals surface area (Å²) in [4.78, 5) is 42.7. The van der Waals surface area contributed by atoms with E-state index in [-0.39, 0.29) is 31.4 Å². The average molecular weight is 819 g/mol. The van der Waals surface area contributed by atoms with Crippen LogP contribution in [0.15, 0.2) is 0 Å². The number of carbonyl (C=O) groups excluding carboxylic acids is 3. The van der Waals surface area contributed by atoms with E-state index in [9.17, 15) is 34.8 Å². The predicted octanol–water partition coefficient (Wildman–Crippen LogP) is 2.93. The lowest BCUT2D eigenvalue weighted by molar-refractivity contribution is -0.317. The number of cyclic esters (lactones) is 1. The van der Waals surface area contributed by atoms with Gasteiger partial charge in [0.1, 0.15) is 29.2 Å². The second kappa shape index (κ2) is 20.0. The number of amides is 1. The molecule has 0 spiro atoms. The predicted molar refractivity (Wildman–Crippen MR) is 209 cm³/mol. The molecule has 3 aliphatic heterocycles. The number of aliphatic hydroxyl groups is 4. The van der Waals surface area contributed by atoms with Crippen molar-refractivity contribution in [3.63, 3.8) is 0 Å². The quantitative estimate of drug-likeness (QED) is 0.201. The lowest BCUT2D eigenvalue weighted by Gasteiger charge is -2.49. The van der Waals surface area contributed by atoms with Crippen molar-refractivity contribution in [2.45, 2.75) is 193 Å². The van der Waals surface area contributed by atoms with E-state index < -0.39 is 114 Å². The van der Waals surface area contributed by atoms with E-state index in [0.717, 1.165) is 0 Å². The maximum Gasteiger partial charge on any atom is 0.407 e. The molecule has 3 heterocycles. The lowest BCUT2D eigenvalue weighted by Crippen LogP contribution is -2.61. The Morgan fingerprint density at radius 1 is 0.930 bits per heavy atom. The molecule has 0 bridgehead atoms. The number of Topliss-reactive ketones (excluding diaryl/α,β-unsaturated/α-hetero) is 1. The second-order valence-corrected chi connectivity index (χ2v) is 17.8. The molecule has 18 atom stereocenters. The molecule has 3 saturated heterocycles. The molecule has 0 radical (unpaired) electrons. The van der Waals surface area contributed by atoms with Gasteiger partial charge in [-0.1, -0.05) is 34.6 Å². The summed E-state index contributed by atoms with van der Waals surface area (Å²) in [5.74, 6) is -5.13. The molecule has 0 aliphatic carbocycles. The van der Waals surface area contributed by atoms with Crippen LogP contribution in [0.3, 0.4) is 0 Å². The molecule has 0 unspecified atom stereocenters. The number of hydrogen-bond acceptors (Lipinski definition) is 15. The van der Waals surface area contributed by atoms with Crippen LogP contribution in [0.1, 0.15) is 108 Å². The molecule has 16 heteroatoms. The van der Waals surface area contributed by atoms with Crippen LogP contribution in [0.25, 0.3) is 0 Å². The molecule has 0 aromatic heterocycles. The molecule has 5 N–H and O–H groups in total. The van der Waals surface area contributed by atoms with E-state index in [0.29, 0.717) is 19.4 Å². The monoisotopic (exact) mass is 819 g/mol. The Kier molecular flexibility index (Phi) is 17.4. The van der Waals surface area contributed by atoms with Crippen molar-refractivity contribution in [2.24, 2.45) is 23.7 Å². The highest BCUT2D eigenvalue weighted by molar-refractivity contribution is 5.83. The normalized spacial score (nSPS) is 45.6. The molecule has 1 amide bonds. The number of nitrogens with zero attached hydrogens (tertiary/aromatic N) is 1. The molecule has 0 aromatic rings. The maximum atomic E-state index is 14.3. The highest BCUT2D eigenvalue weighted by Gasteiger charge is 2.54. The highest BCUT2D eigenvalue weighted by atomic mass is 16.7. The average Bonchev–Trinajstić information content (AvgIpc) is 3.14. The van der Waals surface area contributed by atoms with Crippen LogP contribution >= 0.6 is 0 Å². The first-order chi connectivity index (χ1) is 26.4. The van der Waals surface area contributed by atoms with Gasteiger partial charge in [-0.2, -0.15) is 0 Å². The molecule has 0 aromatic carbocycles. The number of hydrogen-bond donors (Lipinski definition) is 5. The van der Waals surface area contributed by atoms with Crippen molar-refractivity contribution in [2.75, 3.05) is 27.7 Å². The van der Waals surface area contributed by atoms with Crippen LogP contribution in [0.4, 0.5) is 4.79 Å². The summed E-state index contributed by atoms with van der Waals surface area (Å²) in [5, 5.41) is 49.8. The van der Waals surface area contributed by atoms with Crippen LogP contribution in [0.2, 0.25) is 0 Å². The Balaban J connectivity index is 2.16. The third kappa shape index (κ3) is 11.4. The van der Waals surface area contributed by atoms with E-state index in [4.69, 9.17) is 33.2 Å². The third-order valence-corrected chi connectivity index (χ3v) is 12.5. The number of alkyl carbamates (subject to hydrolysis) is 1. The fourth-order valence-electron chi connectivity index (χ4n) is 9.00. The van der Waals surface area contributed by atoms with Crippen molar-refractivity contribution in [1.82, 2.24) is 10.2 Å². The standard InChI is InChI=1S/C41H74N2O14/c1-15-17-42-38(48)57-35-26(8)53-29(20-40(35,10)51-14)55-32-24(6)34(56-37-31(45)27(43(12)13)18-22(4)52-37)39(9,49)19-21(3)30(44)23(5)33(46)41(11,50)28(16-2)54-36(47)25(32)7/h21-29,31-35,37,45-46,49-50H,15-20H2,1-14H3,(H,42,48)/t21-,22-,23+,24+,25-,26+,27+,28-,29+,31-,32+,33-,34-,35+,37+,39+,40-,41-/m1/s1. The minimum Gasteiger partial charge on any atom is -0.459 e. The van der Waals surface area contributed by atoms with Gasteiger partial charge < -0.3 is 63.8 Å². The Morgan fingerprint density at radius 3 is 2.12 bits per heavy atom.